The Balaban J connectivity index is 4.13. The van der Waals surface area contributed by atoms with Crippen LogP contribution in [0.4, 0.5) is 9.59 Å². The Morgan fingerprint density at radius 1 is 0.905 bits per heavy atom. The molecule has 6 heteroatoms. The van der Waals surface area contributed by atoms with Crippen LogP contribution in [0.25, 0.3) is 0 Å². The first kappa shape index (κ1) is 19.5. The van der Waals surface area contributed by atoms with Gasteiger partial charge >= 0.3 is 12.2 Å². The van der Waals surface area contributed by atoms with Crippen LogP contribution < -0.4 is 11.5 Å². The van der Waals surface area contributed by atoms with Crippen molar-refractivity contribution in [2.45, 2.75) is 72.5 Å². The number of carbonyl (C=O) groups excluding carboxylic acids is 2. The third-order valence-electron chi connectivity index (χ3n) is 3.44. The number of primary amides is 2. The lowest BCUT2D eigenvalue weighted by molar-refractivity contribution is 0.0755. The van der Waals surface area contributed by atoms with E-state index in [2.05, 4.69) is 20.8 Å². The lowest BCUT2D eigenvalue weighted by Gasteiger charge is -2.30. The zero-order chi connectivity index (χ0) is 16.6. The van der Waals surface area contributed by atoms with Gasteiger partial charge in [0.25, 0.3) is 0 Å². The average Bonchev–Trinajstić information content (AvgIpc) is 2.22. The molecule has 0 saturated carbocycles. The van der Waals surface area contributed by atoms with Gasteiger partial charge in [-0.15, -0.1) is 0 Å². The SMILES string of the molecule is CC(CCC(C)OC(N)=O)CC(C)(C)CC(C)OC(N)=O. The molecule has 6 nitrogen and oxygen atoms in total. The number of amides is 2. The van der Waals surface area contributed by atoms with Crippen molar-refractivity contribution in [3.05, 3.63) is 0 Å². The van der Waals surface area contributed by atoms with Crippen molar-refractivity contribution in [2.75, 3.05) is 0 Å². The molecule has 0 bridgehead atoms. The molecule has 0 aliphatic rings. The normalized spacial score (nSPS) is 15.9. The summed E-state index contributed by atoms with van der Waals surface area (Å²) in [7, 11) is 0. The van der Waals surface area contributed by atoms with E-state index in [0.29, 0.717) is 5.92 Å². The second-order valence-corrected chi connectivity index (χ2v) is 6.75. The van der Waals surface area contributed by atoms with E-state index < -0.39 is 12.2 Å². The first-order valence-corrected chi connectivity index (χ1v) is 7.44. The minimum Gasteiger partial charge on any atom is -0.447 e. The fraction of sp³-hybridized carbons (Fsp3) is 0.867. The molecule has 0 aliphatic carbocycles. The van der Waals surface area contributed by atoms with Crippen LogP contribution in [-0.2, 0) is 9.47 Å². The molecule has 0 fully saturated rings. The standard InChI is InChI=1S/C15H30N2O4/c1-10(6-7-11(2)20-13(16)18)8-15(4,5)9-12(3)21-14(17)19/h10-12H,6-9H2,1-5H3,(H2,16,18)(H2,17,19). The van der Waals surface area contributed by atoms with E-state index in [1.54, 1.807) is 0 Å². The number of rotatable bonds is 9. The number of hydrogen-bond donors (Lipinski definition) is 2. The number of carbonyl (C=O) groups is 2. The van der Waals surface area contributed by atoms with Crippen LogP contribution in [0.3, 0.4) is 0 Å². The van der Waals surface area contributed by atoms with Gasteiger partial charge in [0.1, 0.15) is 12.2 Å². The summed E-state index contributed by atoms with van der Waals surface area (Å²) in [4.78, 5) is 21.4. The maximum Gasteiger partial charge on any atom is 0.404 e. The van der Waals surface area contributed by atoms with Crippen molar-refractivity contribution >= 4 is 12.2 Å². The molecule has 2 amide bonds. The monoisotopic (exact) mass is 302 g/mol. The molecule has 0 heterocycles. The third-order valence-corrected chi connectivity index (χ3v) is 3.44. The summed E-state index contributed by atoms with van der Waals surface area (Å²) in [5, 5.41) is 0. The Morgan fingerprint density at radius 2 is 1.38 bits per heavy atom. The zero-order valence-electron chi connectivity index (χ0n) is 13.8. The Morgan fingerprint density at radius 3 is 1.86 bits per heavy atom. The van der Waals surface area contributed by atoms with E-state index >= 15 is 0 Å². The molecular formula is C15H30N2O4. The molecule has 0 aromatic rings. The van der Waals surface area contributed by atoms with E-state index in [4.69, 9.17) is 20.9 Å². The van der Waals surface area contributed by atoms with Crippen molar-refractivity contribution < 1.29 is 19.1 Å². The van der Waals surface area contributed by atoms with E-state index in [1.165, 1.54) is 0 Å². The van der Waals surface area contributed by atoms with Crippen molar-refractivity contribution in [2.24, 2.45) is 22.8 Å². The van der Waals surface area contributed by atoms with Gasteiger partial charge < -0.3 is 20.9 Å². The summed E-state index contributed by atoms with van der Waals surface area (Å²) in [6.45, 7) is 10.1. The molecule has 0 radical (unpaired) electrons. The zero-order valence-corrected chi connectivity index (χ0v) is 13.8. The van der Waals surface area contributed by atoms with Crippen LogP contribution >= 0.6 is 0 Å². The van der Waals surface area contributed by atoms with Gasteiger partial charge in [0, 0.05) is 0 Å². The smallest absolute Gasteiger partial charge is 0.404 e. The van der Waals surface area contributed by atoms with Gasteiger partial charge in [-0.2, -0.15) is 0 Å². The highest BCUT2D eigenvalue weighted by Crippen LogP contribution is 2.33. The molecule has 3 atom stereocenters. The summed E-state index contributed by atoms with van der Waals surface area (Å²) in [6, 6.07) is 0. The molecule has 4 N–H and O–H groups in total. The lowest BCUT2D eigenvalue weighted by atomic mass is 9.78. The predicted molar refractivity (Wildman–Crippen MR) is 81.7 cm³/mol. The summed E-state index contributed by atoms with van der Waals surface area (Å²) in [5.74, 6) is 0.472. The molecule has 21 heavy (non-hydrogen) atoms. The number of hydrogen-bond acceptors (Lipinski definition) is 4. The van der Waals surface area contributed by atoms with Gasteiger partial charge in [0.2, 0.25) is 0 Å². The van der Waals surface area contributed by atoms with Crippen LogP contribution in [0, 0.1) is 11.3 Å². The topological polar surface area (TPSA) is 105 Å². The van der Waals surface area contributed by atoms with Gasteiger partial charge in [-0.3, -0.25) is 0 Å². The molecule has 0 aromatic heterocycles. The minimum atomic E-state index is -0.733. The summed E-state index contributed by atoms with van der Waals surface area (Å²) in [5.41, 5.74) is 10.0. The first-order valence-electron chi connectivity index (χ1n) is 7.44. The average molecular weight is 302 g/mol. The molecule has 0 saturated heterocycles. The summed E-state index contributed by atoms with van der Waals surface area (Å²) < 4.78 is 9.88. The van der Waals surface area contributed by atoms with Crippen LogP contribution in [0.1, 0.15) is 60.3 Å². The van der Waals surface area contributed by atoms with Crippen LogP contribution in [0.15, 0.2) is 0 Å². The molecule has 0 rings (SSSR count). The fourth-order valence-electron chi connectivity index (χ4n) is 2.92. The number of nitrogens with two attached hydrogens (primary N) is 2. The Kier molecular flexibility index (Phi) is 8.14. The van der Waals surface area contributed by atoms with Crippen molar-refractivity contribution in [3.8, 4) is 0 Å². The Hall–Kier alpha value is -1.46. The molecule has 0 aliphatic heterocycles. The second kappa shape index (κ2) is 8.74. The predicted octanol–water partition coefficient (Wildman–Crippen LogP) is 3.18. The Labute approximate surface area is 127 Å². The van der Waals surface area contributed by atoms with E-state index in [9.17, 15) is 9.59 Å². The molecule has 3 unspecified atom stereocenters. The van der Waals surface area contributed by atoms with Crippen LogP contribution in [0.2, 0.25) is 0 Å². The maximum absolute atomic E-state index is 10.7. The highest BCUT2D eigenvalue weighted by atomic mass is 16.6. The van der Waals surface area contributed by atoms with Gasteiger partial charge in [-0.25, -0.2) is 9.59 Å². The quantitative estimate of drug-likeness (QED) is 0.682. The number of ether oxygens (including phenoxy) is 2. The van der Waals surface area contributed by atoms with Gasteiger partial charge in [-0.05, 0) is 50.9 Å². The van der Waals surface area contributed by atoms with E-state index in [-0.39, 0.29) is 17.6 Å². The van der Waals surface area contributed by atoms with Gasteiger partial charge in [0.05, 0.1) is 0 Å². The lowest BCUT2D eigenvalue weighted by Crippen LogP contribution is -2.27. The largest absolute Gasteiger partial charge is 0.447 e. The Bertz CT molecular complexity index is 345. The van der Waals surface area contributed by atoms with Gasteiger partial charge in [-0.1, -0.05) is 20.8 Å². The molecular weight excluding hydrogens is 272 g/mol. The summed E-state index contributed by atoms with van der Waals surface area (Å²) >= 11 is 0. The van der Waals surface area contributed by atoms with Crippen LogP contribution in [0.5, 0.6) is 0 Å². The second-order valence-electron chi connectivity index (χ2n) is 6.75. The fourth-order valence-corrected chi connectivity index (χ4v) is 2.92. The maximum atomic E-state index is 10.7. The first-order chi connectivity index (χ1) is 9.51. The van der Waals surface area contributed by atoms with Crippen molar-refractivity contribution in [3.63, 3.8) is 0 Å². The van der Waals surface area contributed by atoms with Crippen molar-refractivity contribution in [1.82, 2.24) is 0 Å². The highest BCUT2D eigenvalue weighted by molar-refractivity contribution is 5.65. The van der Waals surface area contributed by atoms with Gasteiger partial charge in [0.15, 0.2) is 0 Å². The van der Waals surface area contributed by atoms with Crippen molar-refractivity contribution in [1.29, 1.82) is 0 Å². The molecule has 0 spiro atoms. The molecule has 0 aromatic carbocycles. The summed E-state index contributed by atoms with van der Waals surface area (Å²) in [6.07, 6.45) is 1.66. The van der Waals surface area contributed by atoms with E-state index in [1.807, 2.05) is 13.8 Å². The molecule has 124 valence electrons. The third kappa shape index (κ3) is 10.9. The van der Waals surface area contributed by atoms with E-state index in [0.717, 1.165) is 25.7 Å². The minimum absolute atomic E-state index is 0.0437. The van der Waals surface area contributed by atoms with Crippen LogP contribution in [-0.4, -0.2) is 24.4 Å². The highest BCUT2D eigenvalue weighted by Gasteiger charge is 2.25.